The summed E-state index contributed by atoms with van der Waals surface area (Å²) in [6, 6.07) is 1.46. The lowest BCUT2D eigenvalue weighted by Crippen LogP contribution is -2.28. The van der Waals surface area contributed by atoms with Gasteiger partial charge < -0.3 is 10.4 Å². The lowest BCUT2D eigenvalue weighted by molar-refractivity contribution is -0.131. The first kappa shape index (κ1) is 15.8. The molecule has 0 saturated heterocycles. The largest absolute Gasteiger partial charge is 0.478 e. The average molecular weight is 298 g/mol. The van der Waals surface area contributed by atoms with Gasteiger partial charge in [-0.3, -0.25) is 9.78 Å². The van der Waals surface area contributed by atoms with Crippen LogP contribution in [0, 0.1) is 0 Å². The quantitative estimate of drug-likeness (QED) is 0.712. The molecule has 7 nitrogen and oxygen atoms in total. The van der Waals surface area contributed by atoms with Gasteiger partial charge in [-0.1, -0.05) is 0 Å². The number of sulfone groups is 1. The minimum atomic E-state index is -3.14. The van der Waals surface area contributed by atoms with Crippen molar-refractivity contribution in [2.75, 3.05) is 18.6 Å². The van der Waals surface area contributed by atoms with Gasteiger partial charge in [0.25, 0.3) is 5.91 Å². The molecule has 0 aliphatic rings. The molecular weight excluding hydrogens is 284 g/mol. The van der Waals surface area contributed by atoms with Gasteiger partial charge in [-0.05, 0) is 17.7 Å². The van der Waals surface area contributed by atoms with E-state index in [0.29, 0.717) is 5.56 Å². The Bertz CT molecular complexity index is 637. The van der Waals surface area contributed by atoms with E-state index in [1.807, 2.05) is 0 Å². The lowest BCUT2D eigenvalue weighted by atomic mass is 10.2. The van der Waals surface area contributed by atoms with E-state index in [2.05, 4.69) is 10.3 Å². The normalized spacial score (nSPS) is 11.4. The molecule has 108 valence electrons. The zero-order valence-electron chi connectivity index (χ0n) is 10.7. The molecule has 1 aromatic rings. The third-order valence-electron chi connectivity index (χ3n) is 2.20. The molecule has 0 aliphatic heterocycles. The Morgan fingerprint density at radius 3 is 2.70 bits per heavy atom. The highest BCUT2D eigenvalue weighted by Gasteiger charge is 2.08. The van der Waals surface area contributed by atoms with E-state index >= 15 is 0 Å². The van der Waals surface area contributed by atoms with Crippen LogP contribution in [-0.2, 0) is 14.6 Å². The summed E-state index contributed by atoms with van der Waals surface area (Å²) in [6.07, 6.45) is 6.05. The van der Waals surface area contributed by atoms with E-state index in [1.165, 1.54) is 24.5 Å². The Morgan fingerprint density at radius 1 is 1.40 bits per heavy atom. The number of aromatic nitrogens is 1. The predicted molar refractivity (Wildman–Crippen MR) is 73.0 cm³/mol. The Morgan fingerprint density at radius 2 is 2.10 bits per heavy atom. The van der Waals surface area contributed by atoms with Gasteiger partial charge in [0.1, 0.15) is 9.84 Å². The van der Waals surface area contributed by atoms with E-state index < -0.39 is 21.7 Å². The second-order valence-electron chi connectivity index (χ2n) is 4.06. The van der Waals surface area contributed by atoms with Gasteiger partial charge in [-0.25, -0.2) is 13.2 Å². The van der Waals surface area contributed by atoms with Crippen molar-refractivity contribution in [3.8, 4) is 0 Å². The Balaban J connectivity index is 2.69. The number of carboxylic acid groups (broad SMARTS) is 1. The van der Waals surface area contributed by atoms with Crippen LogP contribution < -0.4 is 5.32 Å². The van der Waals surface area contributed by atoms with Crippen molar-refractivity contribution in [3.63, 3.8) is 0 Å². The van der Waals surface area contributed by atoms with Gasteiger partial charge in [-0.2, -0.15) is 0 Å². The highest BCUT2D eigenvalue weighted by Crippen LogP contribution is 2.04. The topological polar surface area (TPSA) is 113 Å². The zero-order valence-corrected chi connectivity index (χ0v) is 11.6. The molecule has 0 bridgehead atoms. The van der Waals surface area contributed by atoms with Gasteiger partial charge in [0.05, 0.1) is 11.3 Å². The standard InChI is InChI=1S/C12H14N2O5S/c1-20(18,19)5-4-14-12(17)10-6-9(7-13-8-10)2-3-11(15)16/h2-3,6-8H,4-5H2,1H3,(H,14,17)(H,15,16). The highest BCUT2D eigenvalue weighted by atomic mass is 32.2. The molecule has 0 fully saturated rings. The van der Waals surface area contributed by atoms with Crippen LogP contribution in [0.2, 0.25) is 0 Å². The number of pyridine rings is 1. The molecule has 8 heteroatoms. The molecule has 1 amide bonds. The van der Waals surface area contributed by atoms with Crippen LogP contribution >= 0.6 is 0 Å². The molecule has 20 heavy (non-hydrogen) atoms. The van der Waals surface area contributed by atoms with E-state index in [9.17, 15) is 18.0 Å². The van der Waals surface area contributed by atoms with Crippen LogP contribution in [0.1, 0.15) is 15.9 Å². The minimum Gasteiger partial charge on any atom is -0.478 e. The van der Waals surface area contributed by atoms with E-state index in [4.69, 9.17) is 5.11 Å². The van der Waals surface area contributed by atoms with E-state index in [-0.39, 0.29) is 17.9 Å². The zero-order chi connectivity index (χ0) is 15.2. The summed E-state index contributed by atoms with van der Waals surface area (Å²) in [5.74, 6) is -1.72. The maximum Gasteiger partial charge on any atom is 0.328 e. The van der Waals surface area contributed by atoms with Crippen molar-refractivity contribution in [1.82, 2.24) is 10.3 Å². The fourth-order valence-electron chi connectivity index (χ4n) is 1.29. The van der Waals surface area contributed by atoms with Crippen molar-refractivity contribution in [1.29, 1.82) is 0 Å². The Labute approximate surface area is 116 Å². The van der Waals surface area contributed by atoms with E-state index in [1.54, 1.807) is 0 Å². The molecule has 0 aromatic carbocycles. The van der Waals surface area contributed by atoms with Gasteiger partial charge >= 0.3 is 5.97 Å². The molecule has 1 aromatic heterocycles. The maximum atomic E-state index is 11.7. The first-order chi connectivity index (χ1) is 9.28. The Hall–Kier alpha value is -2.22. The summed E-state index contributed by atoms with van der Waals surface area (Å²) in [6.45, 7) is 0.00681. The van der Waals surface area contributed by atoms with Gasteiger partial charge in [0.2, 0.25) is 0 Å². The maximum absolute atomic E-state index is 11.7. The molecule has 0 saturated carbocycles. The number of aliphatic carboxylic acids is 1. The summed E-state index contributed by atoms with van der Waals surface area (Å²) in [4.78, 5) is 25.9. The van der Waals surface area contributed by atoms with Crippen LogP contribution in [-0.4, -0.2) is 48.9 Å². The highest BCUT2D eigenvalue weighted by molar-refractivity contribution is 7.90. The van der Waals surface area contributed by atoms with Crippen molar-refractivity contribution in [2.24, 2.45) is 0 Å². The van der Waals surface area contributed by atoms with Crippen molar-refractivity contribution in [3.05, 3.63) is 35.7 Å². The number of amides is 1. The van der Waals surface area contributed by atoms with Crippen LogP contribution in [0.4, 0.5) is 0 Å². The molecule has 0 aliphatic carbocycles. The SMILES string of the molecule is CS(=O)(=O)CCNC(=O)c1cncc(C=CC(=O)O)c1. The number of nitrogens with zero attached hydrogens (tertiary/aromatic N) is 1. The number of carboxylic acids is 1. The number of hydrogen-bond acceptors (Lipinski definition) is 5. The second kappa shape index (κ2) is 6.80. The number of hydrogen-bond donors (Lipinski definition) is 2. The van der Waals surface area contributed by atoms with Gasteiger partial charge in [0.15, 0.2) is 0 Å². The smallest absolute Gasteiger partial charge is 0.328 e. The summed E-state index contributed by atoms with van der Waals surface area (Å²) in [7, 11) is -3.14. The van der Waals surface area contributed by atoms with Crippen LogP contribution in [0.15, 0.2) is 24.5 Å². The van der Waals surface area contributed by atoms with Crippen molar-refractivity contribution >= 4 is 27.8 Å². The van der Waals surface area contributed by atoms with E-state index in [0.717, 1.165) is 12.3 Å². The molecule has 0 unspecified atom stereocenters. The summed E-state index contributed by atoms with van der Waals surface area (Å²) in [5, 5.41) is 11.0. The fourth-order valence-corrected chi connectivity index (χ4v) is 1.77. The van der Waals surface area contributed by atoms with Crippen LogP contribution in [0.5, 0.6) is 0 Å². The number of nitrogens with one attached hydrogen (secondary N) is 1. The molecule has 0 spiro atoms. The van der Waals surface area contributed by atoms with Gasteiger partial charge in [-0.15, -0.1) is 0 Å². The summed E-state index contributed by atoms with van der Waals surface area (Å²) in [5.41, 5.74) is 0.689. The summed E-state index contributed by atoms with van der Waals surface area (Å²) >= 11 is 0. The molecule has 1 heterocycles. The average Bonchev–Trinajstić information content (AvgIpc) is 2.35. The lowest BCUT2D eigenvalue weighted by Gasteiger charge is -2.04. The summed E-state index contributed by atoms with van der Waals surface area (Å²) < 4.78 is 21.8. The van der Waals surface area contributed by atoms with Crippen molar-refractivity contribution in [2.45, 2.75) is 0 Å². The third-order valence-corrected chi connectivity index (χ3v) is 3.14. The fraction of sp³-hybridized carbons (Fsp3) is 0.250. The monoisotopic (exact) mass is 298 g/mol. The number of rotatable bonds is 6. The first-order valence-corrected chi connectivity index (χ1v) is 7.66. The number of carbonyl (C=O) groups excluding carboxylic acids is 1. The Kier molecular flexibility index (Phi) is 5.39. The molecular formula is C12H14N2O5S. The number of carbonyl (C=O) groups is 2. The molecule has 0 radical (unpaired) electrons. The second-order valence-corrected chi connectivity index (χ2v) is 6.32. The van der Waals surface area contributed by atoms with Crippen LogP contribution in [0.25, 0.3) is 6.08 Å². The first-order valence-electron chi connectivity index (χ1n) is 5.60. The van der Waals surface area contributed by atoms with Gasteiger partial charge in [0, 0.05) is 31.3 Å². The van der Waals surface area contributed by atoms with Crippen LogP contribution in [0.3, 0.4) is 0 Å². The molecule has 0 atom stereocenters. The molecule has 2 N–H and O–H groups in total. The van der Waals surface area contributed by atoms with Crippen molar-refractivity contribution < 1.29 is 23.1 Å². The minimum absolute atomic E-state index is 0.00681. The molecule has 1 rings (SSSR count). The third kappa shape index (κ3) is 6.10. The predicted octanol–water partition coefficient (Wildman–Crippen LogP) is -0.0462.